The SMILES string of the molecule is O=C(Cc1ccc(Cl)c(Cl)c1)NCCC1=CCCCC1. The molecule has 0 bridgehead atoms. The Kier molecular flexibility index (Phi) is 5.93. The van der Waals surface area contributed by atoms with Crippen LogP contribution in [0.5, 0.6) is 0 Å². The summed E-state index contributed by atoms with van der Waals surface area (Å²) in [4.78, 5) is 11.8. The van der Waals surface area contributed by atoms with Gasteiger partial charge in [-0.2, -0.15) is 0 Å². The number of allylic oxidation sites excluding steroid dienone is 1. The molecule has 0 saturated carbocycles. The molecule has 1 N–H and O–H groups in total. The van der Waals surface area contributed by atoms with Gasteiger partial charge in [-0.05, 0) is 49.8 Å². The highest BCUT2D eigenvalue weighted by atomic mass is 35.5. The zero-order valence-electron chi connectivity index (χ0n) is 11.4. The van der Waals surface area contributed by atoms with Crippen molar-refractivity contribution in [2.75, 3.05) is 6.54 Å². The lowest BCUT2D eigenvalue weighted by Crippen LogP contribution is -2.26. The summed E-state index contributed by atoms with van der Waals surface area (Å²) in [6.45, 7) is 0.714. The normalized spacial score (nSPS) is 14.8. The van der Waals surface area contributed by atoms with Crippen molar-refractivity contribution < 1.29 is 4.79 Å². The lowest BCUT2D eigenvalue weighted by molar-refractivity contribution is -0.120. The molecule has 2 rings (SSSR count). The van der Waals surface area contributed by atoms with E-state index in [4.69, 9.17) is 23.2 Å². The van der Waals surface area contributed by atoms with Crippen LogP contribution in [0.4, 0.5) is 0 Å². The first kappa shape index (κ1) is 15.4. The molecule has 0 aromatic heterocycles. The lowest BCUT2D eigenvalue weighted by Gasteiger charge is -2.13. The Hall–Kier alpha value is -0.990. The monoisotopic (exact) mass is 311 g/mol. The summed E-state index contributed by atoms with van der Waals surface area (Å²) in [6, 6.07) is 5.30. The largest absolute Gasteiger partial charge is 0.355 e. The number of halogens is 2. The van der Waals surface area contributed by atoms with E-state index in [0.29, 0.717) is 23.0 Å². The molecule has 2 nitrogen and oxygen atoms in total. The lowest BCUT2D eigenvalue weighted by atomic mass is 9.97. The van der Waals surface area contributed by atoms with E-state index in [2.05, 4.69) is 11.4 Å². The zero-order chi connectivity index (χ0) is 14.4. The predicted molar refractivity (Wildman–Crippen MR) is 84.3 cm³/mol. The van der Waals surface area contributed by atoms with Gasteiger partial charge in [-0.1, -0.05) is 40.9 Å². The van der Waals surface area contributed by atoms with Gasteiger partial charge in [-0.15, -0.1) is 0 Å². The smallest absolute Gasteiger partial charge is 0.224 e. The Morgan fingerprint density at radius 1 is 1.20 bits per heavy atom. The molecule has 0 spiro atoms. The average Bonchev–Trinajstić information content (AvgIpc) is 2.44. The van der Waals surface area contributed by atoms with Crippen molar-refractivity contribution in [1.29, 1.82) is 0 Å². The Labute approximate surface area is 130 Å². The van der Waals surface area contributed by atoms with E-state index in [9.17, 15) is 4.79 Å². The fraction of sp³-hybridized carbons (Fsp3) is 0.438. The summed E-state index contributed by atoms with van der Waals surface area (Å²) in [7, 11) is 0. The number of benzene rings is 1. The molecule has 20 heavy (non-hydrogen) atoms. The van der Waals surface area contributed by atoms with Crippen LogP contribution in [0.1, 0.15) is 37.7 Å². The summed E-state index contributed by atoms with van der Waals surface area (Å²) >= 11 is 11.8. The minimum atomic E-state index is 0.0276. The van der Waals surface area contributed by atoms with E-state index in [-0.39, 0.29) is 5.91 Å². The maximum Gasteiger partial charge on any atom is 0.224 e. The molecular formula is C16H19Cl2NO. The Balaban J connectivity index is 1.74. The molecular weight excluding hydrogens is 293 g/mol. The number of rotatable bonds is 5. The van der Waals surface area contributed by atoms with E-state index in [1.54, 1.807) is 12.1 Å². The van der Waals surface area contributed by atoms with Crippen LogP contribution in [0.2, 0.25) is 10.0 Å². The third-order valence-corrected chi connectivity index (χ3v) is 4.24. The highest BCUT2D eigenvalue weighted by Gasteiger charge is 2.07. The summed E-state index contributed by atoms with van der Waals surface area (Å²) in [5.74, 6) is 0.0276. The molecule has 4 heteroatoms. The van der Waals surface area contributed by atoms with Gasteiger partial charge in [-0.3, -0.25) is 4.79 Å². The van der Waals surface area contributed by atoms with E-state index in [1.807, 2.05) is 6.07 Å². The van der Waals surface area contributed by atoms with Crippen LogP contribution in [-0.4, -0.2) is 12.5 Å². The number of amides is 1. The van der Waals surface area contributed by atoms with Gasteiger partial charge >= 0.3 is 0 Å². The van der Waals surface area contributed by atoms with Gasteiger partial charge in [0.2, 0.25) is 5.91 Å². The summed E-state index contributed by atoms with van der Waals surface area (Å²) in [6.07, 6.45) is 8.57. The molecule has 1 amide bonds. The van der Waals surface area contributed by atoms with Gasteiger partial charge in [-0.25, -0.2) is 0 Å². The molecule has 0 unspecified atom stereocenters. The molecule has 0 saturated heterocycles. The second-order valence-electron chi connectivity index (χ2n) is 5.13. The molecule has 108 valence electrons. The number of hydrogen-bond donors (Lipinski definition) is 1. The number of carbonyl (C=O) groups is 1. The van der Waals surface area contributed by atoms with Crippen LogP contribution in [-0.2, 0) is 11.2 Å². The molecule has 1 aromatic carbocycles. The second-order valence-corrected chi connectivity index (χ2v) is 5.95. The van der Waals surface area contributed by atoms with Crippen molar-refractivity contribution in [1.82, 2.24) is 5.32 Å². The molecule has 0 atom stereocenters. The van der Waals surface area contributed by atoms with E-state index < -0.39 is 0 Å². The molecule has 0 aliphatic heterocycles. The highest BCUT2D eigenvalue weighted by Crippen LogP contribution is 2.23. The van der Waals surface area contributed by atoms with E-state index in [0.717, 1.165) is 12.0 Å². The molecule has 1 aliphatic carbocycles. The van der Waals surface area contributed by atoms with Gasteiger partial charge in [0.25, 0.3) is 0 Å². The molecule has 1 aromatic rings. The van der Waals surface area contributed by atoms with Crippen molar-refractivity contribution in [3.63, 3.8) is 0 Å². The van der Waals surface area contributed by atoms with Crippen LogP contribution in [0.25, 0.3) is 0 Å². The van der Waals surface area contributed by atoms with Gasteiger partial charge in [0.15, 0.2) is 0 Å². The maximum atomic E-state index is 11.8. The van der Waals surface area contributed by atoms with Crippen molar-refractivity contribution in [3.8, 4) is 0 Å². The topological polar surface area (TPSA) is 29.1 Å². The minimum Gasteiger partial charge on any atom is -0.355 e. The van der Waals surface area contributed by atoms with Crippen LogP contribution >= 0.6 is 23.2 Å². The molecule has 0 fully saturated rings. The van der Waals surface area contributed by atoms with E-state index in [1.165, 1.54) is 31.3 Å². The van der Waals surface area contributed by atoms with Gasteiger partial charge in [0.1, 0.15) is 0 Å². The Morgan fingerprint density at radius 3 is 2.75 bits per heavy atom. The maximum absolute atomic E-state index is 11.8. The highest BCUT2D eigenvalue weighted by molar-refractivity contribution is 6.42. The van der Waals surface area contributed by atoms with Crippen molar-refractivity contribution in [2.24, 2.45) is 0 Å². The summed E-state index contributed by atoms with van der Waals surface area (Å²) < 4.78 is 0. The standard InChI is InChI=1S/C16H19Cl2NO/c17-14-7-6-13(10-15(14)18)11-16(20)19-9-8-12-4-2-1-3-5-12/h4,6-7,10H,1-3,5,8-9,11H2,(H,19,20). The number of hydrogen-bond acceptors (Lipinski definition) is 1. The first-order chi connectivity index (χ1) is 9.65. The third-order valence-electron chi connectivity index (χ3n) is 3.50. The zero-order valence-corrected chi connectivity index (χ0v) is 12.9. The first-order valence-corrected chi connectivity index (χ1v) is 7.79. The quantitative estimate of drug-likeness (QED) is 0.794. The van der Waals surface area contributed by atoms with E-state index >= 15 is 0 Å². The summed E-state index contributed by atoms with van der Waals surface area (Å²) in [5.41, 5.74) is 2.36. The number of nitrogens with one attached hydrogen (secondary N) is 1. The first-order valence-electron chi connectivity index (χ1n) is 7.03. The number of carbonyl (C=O) groups excluding carboxylic acids is 1. The summed E-state index contributed by atoms with van der Waals surface area (Å²) in [5, 5.41) is 3.96. The molecule has 0 heterocycles. The Bertz CT molecular complexity index is 511. The Morgan fingerprint density at radius 2 is 2.05 bits per heavy atom. The van der Waals surface area contributed by atoms with Crippen LogP contribution in [0.3, 0.4) is 0 Å². The third kappa shape index (κ3) is 4.84. The predicted octanol–water partition coefficient (Wildman–Crippen LogP) is 4.54. The fourth-order valence-corrected chi connectivity index (χ4v) is 2.71. The van der Waals surface area contributed by atoms with Crippen molar-refractivity contribution in [2.45, 2.75) is 38.5 Å². The van der Waals surface area contributed by atoms with Gasteiger partial charge < -0.3 is 5.32 Å². The van der Waals surface area contributed by atoms with Crippen molar-refractivity contribution >= 4 is 29.1 Å². The minimum absolute atomic E-state index is 0.0276. The molecule has 0 radical (unpaired) electrons. The van der Waals surface area contributed by atoms with Gasteiger partial charge in [0, 0.05) is 6.54 Å². The van der Waals surface area contributed by atoms with Crippen LogP contribution < -0.4 is 5.32 Å². The van der Waals surface area contributed by atoms with Crippen LogP contribution in [0.15, 0.2) is 29.8 Å². The average molecular weight is 312 g/mol. The molecule has 1 aliphatic rings. The fourth-order valence-electron chi connectivity index (χ4n) is 2.39. The van der Waals surface area contributed by atoms with Crippen LogP contribution in [0, 0.1) is 0 Å². The van der Waals surface area contributed by atoms with Gasteiger partial charge in [0.05, 0.1) is 16.5 Å². The second kappa shape index (κ2) is 7.70. The van der Waals surface area contributed by atoms with Crippen molar-refractivity contribution in [3.05, 3.63) is 45.5 Å².